The Bertz CT molecular complexity index is 811. The number of hydrogen-bond acceptors (Lipinski definition) is 6. The number of anilines is 1. The highest BCUT2D eigenvalue weighted by Crippen LogP contribution is 2.33. The summed E-state index contributed by atoms with van der Waals surface area (Å²) in [7, 11) is 0. The number of nitro benzene ring substituents is 1. The predicted molar refractivity (Wildman–Crippen MR) is 100 cm³/mol. The summed E-state index contributed by atoms with van der Waals surface area (Å²) in [5, 5.41) is 15.5. The fourth-order valence-electron chi connectivity index (χ4n) is 3.42. The Hall–Kier alpha value is -2.74. The summed E-state index contributed by atoms with van der Waals surface area (Å²) in [6.45, 7) is 6.22. The van der Waals surface area contributed by atoms with Gasteiger partial charge in [0.2, 0.25) is 5.91 Å². The van der Waals surface area contributed by atoms with E-state index in [1.54, 1.807) is 18.5 Å². The number of nitrogens with one attached hydrogen (secondary N) is 1. The Morgan fingerprint density at radius 3 is 2.85 bits per heavy atom. The number of nitrogens with zero attached hydrogens (tertiary/aromatic N) is 4. The first-order chi connectivity index (χ1) is 12.6. The van der Waals surface area contributed by atoms with Crippen molar-refractivity contribution in [1.29, 1.82) is 0 Å². The Kier molecular flexibility index (Phi) is 5.62. The largest absolute Gasteiger partial charge is 0.370 e. The van der Waals surface area contributed by atoms with Crippen LogP contribution in [0.25, 0.3) is 10.8 Å². The minimum Gasteiger partial charge on any atom is -0.370 e. The van der Waals surface area contributed by atoms with Gasteiger partial charge in [-0.25, -0.2) is 0 Å². The van der Waals surface area contributed by atoms with Gasteiger partial charge in [0.15, 0.2) is 0 Å². The van der Waals surface area contributed by atoms with Crippen LogP contribution in [-0.2, 0) is 4.79 Å². The SMILES string of the molecule is CCNC(=O)CN1CCCN(c2ccc([N+](=O)[O-])c3cnccc23)CC1. The summed E-state index contributed by atoms with van der Waals surface area (Å²) < 4.78 is 0. The van der Waals surface area contributed by atoms with Gasteiger partial charge in [-0.05, 0) is 25.5 Å². The molecule has 1 fully saturated rings. The predicted octanol–water partition coefficient (Wildman–Crippen LogP) is 1.79. The molecule has 1 saturated heterocycles. The average molecular weight is 357 g/mol. The van der Waals surface area contributed by atoms with Crippen molar-refractivity contribution >= 4 is 28.1 Å². The van der Waals surface area contributed by atoms with Gasteiger partial charge in [0.05, 0.1) is 16.9 Å². The van der Waals surface area contributed by atoms with E-state index in [9.17, 15) is 14.9 Å². The molecule has 26 heavy (non-hydrogen) atoms. The maximum absolute atomic E-state index is 11.8. The summed E-state index contributed by atoms with van der Waals surface area (Å²) in [6, 6.07) is 5.20. The monoisotopic (exact) mass is 357 g/mol. The van der Waals surface area contributed by atoms with Crippen molar-refractivity contribution in [1.82, 2.24) is 15.2 Å². The third kappa shape index (κ3) is 3.91. The molecule has 1 aromatic carbocycles. The third-order valence-corrected chi connectivity index (χ3v) is 4.64. The number of pyridine rings is 1. The lowest BCUT2D eigenvalue weighted by Crippen LogP contribution is -2.39. The molecule has 0 radical (unpaired) electrons. The molecular weight excluding hydrogens is 334 g/mol. The summed E-state index contributed by atoms with van der Waals surface area (Å²) in [6.07, 6.45) is 4.15. The summed E-state index contributed by atoms with van der Waals surface area (Å²) in [5.74, 6) is 0.0489. The van der Waals surface area contributed by atoms with E-state index < -0.39 is 0 Å². The zero-order chi connectivity index (χ0) is 18.5. The second-order valence-electron chi connectivity index (χ2n) is 6.35. The molecule has 2 aromatic rings. The van der Waals surface area contributed by atoms with Gasteiger partial charge in [-0.15, -0.1) is 0 Å². The van der Waals surface area contributed by atoms with Gasteiger partial charge in [0.1, 0.15) is 0 Å². The number of hydrogen-bond donors (Lipinski definition) is 1. The number of nitro groups is 1. The lowest BCUT2D eigenvalue weighted by atomic mass is 10.1. The zero-order valence-electron chi connectivity index (χ0n) is 14.9. The van der Waals surface area contributed by atoms with E-state index >= 15 is 0 Å². The van der Waals surface area contributed by atoms with Crippen LogP contribution >= 0.6 is 0 Å². The molecule has 0 spiro atoms. The standard InChI is InChI=1S/C18H23N5O3/c1-2-20-18(24)13-21-8-3-9-22(11-10-21)16-4-5-17(23(25)26)15-12-19-7-6-14(15)16/h4-7,12H,2-3,8-11,13H2,1H3,(H,20,24). The second kappa shape index (κ2) is 8.09. The fraction of sp³-hybridized carbons (Fsp3) is 0.444. The van der Waals surface area contributed by atoms with Crippen molar-refractivity contribution in [3.05, 3.63) is 40.7 Å². The van der Waals surface area contributed by atoms with Gasteiger partial charge in [-0.3, -0.25) is 24.8 Å². The molecule has 0 saturated carbocycles. The molecule has 2 heterocycles. The smallest absolute Gasteiger partial charge is 0.278 e. The third-order valence-electron chi connectivity index (χ3n) is 4.64. The summed E-state index contributed by atoms with van der Waals surface area (Å²) >= 11 is 0. The molecular formula is C18H23N5O3. The van der Waals surface area contributed by atoms with Gasteiger partial charge in [-0.2, -0.15) is 0 Å². The molecule has 0 atom stereocenters. The number of likely N-dealkylation sites (N-methyl/N-ethyl adjacent to an activating group) is 1. The fourth-order valence-corrected chi connectivity index (χ4v) is 3.42. The quantitative estimate of drug-likeness (QED) is 0.648. The normalized spacial score (nSPS) is 15.7. The van der Waals surface area contributed by atoms with Crippen LogP contribution in [0.4, 0.5) is 11.4 Å². The minimum absolute atomic E-state index is 0.0489. The van der Waals surface area contributed by atoms with Crippen molar-refractivity contribution in [3.8, 4) is 0 Å². The first-order valence-corrected chi connectivity index (χ1v) is 8.85. The van der Waals surface area contributed by atoms with E-state index in [-0.39, 0.29) is 16.5 Å². The van der Waals surface area contributed by atoms with Crippen LogP contribution in [0.1, 0.15) is 13.3 Å². The maximum atomic E-state index is 11.8. The van der Waals surface area contributed by atoms with E-state index in [1.807, 2.05) is 19.1 Å². The lowest BCUT2D eigenvalue weighted by molar-refractivity contribution is -0.383. The molecule has 0 aliphatic carbocycles. The van der Waals surface area contributed by atoms with Crippen LogP contribution in [0.3, 0.4) is 0 Å². The number of aromatic nitrogens is 1. The Morgan fingerprint density at radius 1 is 1.23 bits per heavy atom. The van der Waals surface area contributed by atoms with Crippen molar-refractivity contribution in [2.45, 2.75) is 13.3 Å². The molecule has 3 rings (SSSR count). The number of amides is 1. The van der Waals surface area contributed by atoms with Crippen LogP contribution in [0.15, 0.2) is 30.6 Å². The molecule has 1 aromatic heterocycles. The zero-order valence-corrected chi connectivity index (χ0v) is 14.9. The number of carbonyl (C=O) groups is 1. The number of carbonyl (C=O) groups excluding carboxylic acids is 1. The Morgan fingerprint density at radius 2 is 2.08 bits per heavy atom. The van der Waals surface area contributed by atoms with Crippen LogP contribution in [0.5, 0.6) is 0 Å². The van der Waals surface area contributed by atoms with Crippen molar-refractivity contribution in [2.24, 2.45) is 0 Å². The number of rotatable bonds is 5. The summed E-state index contributed by atoms with van der Waals surface area (Å²) in [5.41, 5.74) is 1.05. The highest BCUT2D eigenvalue weighted by atomic mass is 16.6. The molecule has 1 aliphatic heterocycles. The van der Waals surface area contributed by atoms with Gasteiger partial charge < -0.3 is 10.2 Å². The molecule has 138 valence electrons. The Balaban J connectivity index is 1.81. The van der Waals surface area contributed by atoms with Crippen molar-refractivity contribution in [2.75, 3.05) is 44.2 Å². The van der Waals surface area contributed by atoms with Crippen molar-refractivity contribution < 1.29 is 9.72 Å². The van der Waals surface area contributed by atoms with E-state index in [0.29, 0.717) is 18.5 Å². The highest BCUT2D eigenvalue weighted by molar-refractivity contribution is 5.99. The van der Waals surface area contributed by atoms with Gasteiger partial charge >= 0.3 is 0 Å². The molecule has 1 N–H and O–H groups in total. The molecule has 1 aliphatic rings. The molecule has 1 amide bonds. The first kappa shape index (κ1) is 18.1. The maximum Gasteiger partial charge on any atom is 0.278 e. The van der Waals surface area contributed by atoms with Crippen LogP contribution < -0.4 is 10.2 Å². The molecule has 0 unspecified atom stereocenters. The molecule has 8 nitrogen and oxygen atoms in total. The van der Waals surface area contributed by atoms with Crippen molar-refractivity contribution in [3.63, 3.8) is 0 Å². The summed E-state index contributed by atoms with van der Waals surface area (Å²) in [4.78, 5) is 31.2. The molecule has 8 heteroatoms. The second-order valence-corrected chi connectivity index (χ2v) is 6.35. The van der Waals surface area contributed by atoms with Gasteiger partial charge in [-0.1, -0.05) is 0 Å². The topological polar surface area (TPSA) is 91.6 Å². The number of non-ortho nitro benzene ring substituents is 1. The average Bonchev–Trinajstić information content (AvgIpc) is 2.86. The van der Waals surface area contributed by atoms with Gasteiger partial charge in [0, 0.05) is 62.3 Å². The van der Waals surface area contributed by atoms with Crippen LogP contribution in [-0.4, -0.2) is 60.0 Å². The van der Waals surface area contributed by atoms with Crippen LogP contribution in [0, 0.1) is 10.1 Å². The lowest BCUT2D eigenvalue weighted by Gasteiger charge is -2.24. The van der Waals surface area contributed by atoms with E-state index in [1.165, 1.54) is 0 Å². The Labute approximate surface area is 151 Å². The number of fused-ring (bicyclic) bond motifs is 1. The highest BCUT2D eigenvalue weighted by Gasteiger charge is 2.21. The van der Waals surface area contributed by atoms with E-state index in [2.05, 4.69) is 20.1 Å². The van der Waals surface area contributed by atoms with Gasteiger partial charge in [0.25, 0.3) is 5.69 Å². The van der Waals surface area contributed by atoms with E-state index in [4.69, 9.17) is 0 Å². The molecule has 0 bridgehead atoms. The van der Waals surface area contributed by atoms with E-state index in [0.717, 1.165) is 43.7 Å². The number of benzene rings is 1. The van der Waals surface area contributed by atoms with Crippen LogP contribution in [0.2, 0.25) is 0 Å². The minimum atomic E-state index is -0.371. The first-order valence-electron chi connectivity index (χ1n) is 8.85.